The predicted octanol–water partition coefficient (Wildman–Crippen LogP) is 4.25. The van der Waals surface area contributed by atoms with Crippen LogP contribution in [0, 0.1) is 5.92 Å². The standard InChI is InChI=1S/C24H30N2O2/c27-17-18-10-13-26(14-11-18)20-6-4-12-25(16-20)15-19-5-3-8-22-21-7-1-2-9-23(21)28-24(19)22/h1-3,5,7-9,18,20,27H,4,6,10-17H2/t20-/m0/s1. The lowest BCUT2D eigenvalue weighted by molar-refractivity contribution is 0.0544. The summed E-state index contributed by atoms with van der Waals surface area (Å²) in [6, 6.07) is 15.6. The van der Waals surface area contributed by atoms with E-state index in [1.807, 2.05) is 6.07 Å². The summed E-state index contributed by atoms with van der Waals surface area (Å²) < 4.78 is 6.23. The molecule has 28 heavy (non-hydrogen) atoms. The van der Waals surface area contributed by atoms with Crippen molar-refractivity contribution in [1.29, 1.82) is 0 Å². The van der Waals surface area contributed by atoms with E-state index in [4.69, 9.17) is 4.42 Å². The lowest BCUT2D eigenvalue weighted by Crippen LogP contribution is -2.50. The number of aliphatic hydroxyl groups excluding tert-OH is 1. The lowest BCUT2D eigenvalue weighted by Gasteiger charge is -2.42. The minimum absolute atomic E-state index is 0.353. The van der Waals surface area contributed by atoms with Crippen molar-refractivity contribution in [3.05, 3.63) is 48.0 Å². The quantitative estimate of drug-likeness (QED) is 0.737. The number of rotatable bonds is 4. The van der Waals surface area contributed by atoms with E-state index in [-0.39, 0.29) is 0 Å². The molecular weight excluding hydrogens is 348 g/mol. The molecule has 0 radical (unpaired) electrons. The van der Waals surface area contributed by atoms with Gasteiger partial charge in [0, 0.05) is 42.1 Å². The highest BCUT2D eigenvalue weighted by molar-refractivity contribution is 6.05. The molecule has 0 aliphatic carbocycles. The molecule has 1 aromatic heterocycles. The highest BCUT2D eigenvalue weighted by Gasteiger charge is 2.29. The van der Waals surface area contributed by atoms with Gasteiger partial charge in [-0.15, -0.1) is 0 Å². The van der Waals surface area contributed by atoms with Crippen molar-refractivity contribution in [3.8, 4) is 0 Å². The maximum atomic E-state index is 9.40. The smallest absolute Gasteiger partial charge is 0.139 e. The Hall–Kier alpha value is -1.88. The van der Waals surface area contributed by atoms with Gasteiger partial charge in [0.05, 0.1) is 0 Å². The van der Waals surface area contributed by atoms with Crippen LogP contribution in [0.3, 0.4) is 0 Å². The Kier molecular flexibility index (Phi) is 5.10. The maximum Gasteiger partial charge on any atom is 0.139 e. The summed E-state index contributed by atoms with van der Waals surface area (Å²) in [4.78, 5) is 5.27. The van der Waals surface area contributed by atoms with Gasteiger partial charge in [-0.2, -0.15) is 0 Å². The van der Waals surface area contributed by atoms with Crippen molar-refractivity contribution in [1.82, 2.24) is 9.80 Å². The number of hydrogen-bond donors (Lipinski definition) is 1. The molecule has 3 aromatic rings. The summed E-state index contributed by atoms with van der Waals surface area (Å²) in [5.41, 5.74) is 3.33. The number of fused-ring (bicyclic) bond motifs is 3. The highest BCUT2D eigenvalue weighted by atomic mass is 16.3. The van der Waals surface area contributed by atoms with Gasteiger partial charge in [0.15, 0.2) is 0 Å². The Bertz CT molecular complexity index is 942. The van der Waals surface area contributed by atoms with Gasteiger partial charge in [0.2, 0.25) is 0 Å². The Morgan fingerprint density at radius 2 is 1.75 bits per heavy atom. The molecule has 3 heterocycles. The zero-order valence-electron chi connectivity index (χ0n) is 16.5. The van der Waals surface area contributed by atoms with E-state index in [1.165, 1.54) is 35.7 Å². The van der Waals surface area contributed by atoms with Crippen molar-refractivity contribution >= 4 is 21.9 Å². The molecular formula is C24H30N2O2. The molecule has 2 aromatic carbocycles. The van der Waals surface area contributed by atoms with E-state index in [9.17, 15) is 5.11 Å². The van der Waals surface area contributed by atoms with Crippen molar-refractivity contribution < 1.29 is 9.52 Å². The van der Waals surface area contributed by atoms with Crippen molar-refractivity contribution in [2.75, 3.05) is 32.8 Å². The molecule has 1 atom stereocenters. The molecule has 2 aliphatic rings. The Morgan fingerprint density at radius 1 is 0.929 bits per heavy atom. The largest absolute Gasteiger partial charge is 0.456 e. The minimum atomic E-state index is 0.353. The first-order valence-corrected chi connectivity index (χ1v) is 10.8. The molecule has 0 unspecified atom stereocenters. The van der Waals surface area contributed by atoms with Gasteiger partial charge >= 0.3 is 0 Å². The SMILES string of the molecule is OCC1CCN([C@H]2CCCN(Cc3cccc4c3oc3ccccc34)C2)CC1. The average Bonchev–Trinajstić information content (AvgIpc) is 3.14. The monoisotopic (exact) mass is 378 g/mol. The predicted molar refractivity (Wildman–Crippen MR) is 113 cm³/mol. The molecule has 4 heteroatoms. The van der Waals surface area contributed by atoms with Gasteiger partial charge in [-0.05, 0) is 57.3 Å². The van der Waals surface area contributed by atoms with E-state index >= 15 is 0 Å². The molecule has 4 nitrogen and oxygen atoms in total. The van der Waals surface area contributed by atoms with E-state index in [1.54, 1.807) is 0 Å². The van der Waals surface area contributed by atoms with E-state index in [2.05, 4.69) is 46.2 Å². The normalized spacial score (nSPS) is 23.0. The fourth-order valence-corrected chi connectivity index (χ4v) is 5.14. The second-order valence-corrected chi connectivity index (χ2v) is 8.59. The van der Waals surface area contributed by atoms with Gasteiger partial charge in [-0.1, -0.05) is 36.4 Å². The van der Waals surface area contributed by atoms with Crippen LogP contribution in [0.25, 0.3) is 21.9 Å². The number of nitrogens with zero attached hydrogens (tertiary/aromatic N) is 2. The van der Waals surface area contributed by atoms with E-state index in [0.29, 0.717) is 18.6 Å². The topological polar surface area (TPSA) is 39.9 Å². The summed E-state index contributed by atoms with van der Waals surface area (Å²) >= 11 is 0. The van der Waals surface area contributed by atoms with Crippen LogP contribution in [-0.2, 0) is 6.54 Å². The summed E-state index contributed by atoms with van der Waals surface area (Å²) in [5.74, 6) is 0.515. The zero-order valence-corrected chi connectivity index (χ0v) is 16.5. The van der Waals surface area contributed by atoms with Gasteiger partial charge < -0.3 is 9.52 Å². The zero-order chi connectivity index (χ0) is 18.9. The molecule has 2 fully saturated rings. The van der Waals surface area contributed by atoms with Crippen LogP contribution >= 0.6 is 0 Å². The van der Waals surface area contributed by atoms with Crippen LogP contribution in [0.2, 0.25) is 0 Å². The molecule has 2 aliphatic heterocycles. The summed E-state index contributed by atoms with van der Waals surface area (Å²) in [5, 5.41) is 11.8. The van der Waals surface area contributed by atoms with Gasteiger partial charge in [0.1, 0.15) is 11.2 Å². The number of likely N-dealkylation sites (tertiary alicyclic amines) is 2. The second kappa shape index (κ2) is 7.86. The third-order valence-electron chi connectivity index (χ3n) is 6.78. The highest BCUT2D eigenvalue weighted by Crippen LogP contribution is 2.32. The number of para-hydroxylation sites is 2. The molecule has 0 spiro atoms. The summed E-state index contributed by atoms with van der Waals surface area (Å²) in [7, 11) is 0. The first kappa shape index (κ1) is 18.2. The Morgan fingerprint density at radius 3 is 2.61 bits per heavy atom. The molecule has 0 saturated carbocycles. The molecule has 0 amide bonds. The molecule has 2 saturated heterocycles. The van der Waals surface area contributed by atoms with Gasteiger partial charge in [-0.3, -0.25) is 9.80 Å². The van der Waals surface area contributed by atoms with Crippen molar-refractivity contribution in [2.45, 2.75) is 38.3 Å². The Balaban J connectivity index is 1.32. The number of hydrogen-bond acceptors (Lipinski definition) is 4. The van der Waals surface area contributed by atoms with E-state index < -0.39 is 0 Å². The molecule has 1 N–H and O–H groups in total. The number of furan rings is 1. The number of aliphatic hydroxyl groups is 1. The van der Waals surface area contributed by atoms with Crippen LogP contribution in [0.15, 0.2) is 46.9 Å². The third kappa shape index (κ3) is 3.45. The minimum Gasteiger partial charge on any atom is -0.456 e. The second-order valence-electron chi connectivity index (χ2n) is 8.59. The molecule has 0 bridgehead atoms. The average molecular weight is 379 g/mol. The van der Waals surface area contributed by atoms with Crippen LogP contribution in [-0.4, -0.2) is 53.7 Å². The van der Waals surface area contributed by atoms with Crippen molar-refractivity contribution in [3.63, 3.8) is 0 Å². The van der Waals surface area contributed by atoms with Gasteiger partial charge in [0.25, 0.3) is 0 Å². The lowest BCUT2D eigenvalue weighted by atomic mass is 9.94. The molecule has 148 valence electrons. The van der Waals surface area contributed by atoms with Crippen LogP contribution in [0.5, 0.6) is 0 Å². The Labute approximate surface area is 166 Å². The van der Waals surface area contributed by atoms with Crippen LogP contribution < -0.4 is 0 Å². The van der Waals surface area contributed by atoms with Crippen LogP contribution in [0.4, 0.5) is 0 Å². The number of benzene rings is 2. The summed E-state index contributed by atoms with van der Waals surface area (Å²) in [6.07, 6.45) is 4.85. The third-order valence-corrected chi connectivity index (χ3v) is 6.78. The molecule has 5 rings (SSSR count). The fourth-order valence-electron chi connectivity index (χ4n) is 5.14. The van der Waals surface area contributed by atoms with E-state index in [0.717, 1.165) is 50.2 Å². The van der Waals surface area contributed by atoms with Crippen molar-refractivity contribution in [2.24, 2.45) is 5.92 Å². The first-order chi connectivity index (χ1) is 13.8. The fraction of sp³-hybridized carbons (Fsp3) is 0.500. The summed E-state index contributed by atoms with van der Waals surface area (Å²) in [6.45, 7) is 5.90. The number of piperidine rings is 2. The maximum absolute atomic E-state index is 9.40. The first-order valence-electron chi connectivity index (χ1n) is 10.8. The van der Waals surface area contributed by atoms with Crippen LogP contribution in [0.1, 0.15) is 31.2 Å². The van der Waals surface area contributed by atoms with Gasteiger partial charge in [-0.25, -0.2) is 0 Å².